The lowest BCUT2D eigenvalue weighted by molar-refractivity contribution is -0.123. The van der Waals surface area contributed by atoms with Crippen LogP contribution in [0.5, 0.6) is 23.0 Å². The van der Waals surface area contributed by atoms with Gasteiger partial charge in [-0.25, -0.2) is 0 Å². The van der Waals surface area contributed by atoms with Gasteiger partial charge in [0.05, 0.1) is 17.7 Å². The highest BCUT2D eigenvalue weighted by atomic mass is 32.2. The number of amides is 1. The van der Waals surface area contributed by atoms with Crippen LogP contribution in [0.3, 0.4) is 0 Å². The van der Waals surface area contributed by atoms with Gasteiger partial charge in [-0.05, 0) is 42.3 Å². The SMILES string of the molecule is COc1cc(C2SCCS2)ccc1OCC(=O)NC(C)c1ccc2c(c1)OCCO2. The summed E-state index contributed by atoms with van der Waals surface area (Å²) in [6.45, 7) is 2.93. The van der Waals surface area contributed by atoms with Gasteiger partial charge < -0.3 is 24.3 Å². The van der Waals surface area contributed by atoms with Gasteiger partial charge in [0.2, 0.25) is 0 Å². The largest absolute Gasteiger partial charge is 0.493 e. The van der Waals surface area contributed by atoms with Crippen molar-refractivity contribution in [2.75, 3.05) is 38.4 Å². The number of carbonyl (C=O) groups is 1. The molecule has 0 spiro atoms. The summed E-state index contributed by atoms with van der Waals surface area (Å²) in [7, 11) is 1.62. The molecule has 1 amide bonds. The van der Waals surface area contributed by atoms with Gasteiger partial charge in [0.25, 0.3) is 5.91 Å². The summed E-state index contributed by atoms with van der Waals surface area (Å²) in [4.78, 5) is 12.4. The number of rotatable bonds is 7. The Morgan fingerprint density at radius 3 is 2.63 bits per heavy atom. The molecule has 0 radical (unpaired) electrons. The van der Waals surface area contributed by atoms with E-state index in [9.17, 15) is 4.79 Å². The molecule has 1 fully saturated rings. The topological polar surface area (TPSA) is 66.0 Å². The highest BCUT2D eigenvalue weighted by molar-refractivity contribution is 8.19. The Balaban J connectivity index is 1.34. The van der Waals surface area contributed by atoms with Crippen molar-refractivity contribution in [3.05, 3.63) is 47.5 Å². The smallest absolute Gasteiger partial charge is 0.258 e. The first-order valence-electron chi connectivity index (χ1n) is 9.87. The molecule has 1 atom stereocenters. The average Bonchev–Trinajstić information content (AvgIpc) is 3.32. The number of benzene rings is 2. The molecule has 160 valence electrons. The van der Waals surface area contributed by atoms with Gasteiger partial charge in [-0.15, -0.1) is 23.5 Å². The van der Waals surface area contributed by atoms with E-state index < -0.39 is 0 Å². The van der Waals surface area contributed by atoms with Gasteiger partial charge in [0.1, 0.15) is 13.2 Å². The predicted octanol–water partition coefficient (Wildman–Crippen LogP) is 4.20. The maximum atomic E-state index is 12.4. The van der Waals surface area contributed by atoms with Gasteiger partial charge in [0.15, 0.2) is 29.6 Å². The Labute approximate surface area is 185 Å². The van der Waals surface area contributed by atoms with Crippen LogP contribution < -0.4 is 24.3 Å². The minimum absolute atomic E-state index is 0.0858. The first kappa shape index (κ1) is 21.1. The molecule has 1 N–H and O–H groups in total. The lowest BCUT2D eigenvalue weighted by Gasteiger charge is -2.21. The van der Waals surface area contributed by atoms with Crippen LogP contribution in [-0.4, -0.2) is 44.3 Å². The van der Waals surface area contributed by atoms with Crippen LogP contribution in [0.15, 0.2) is 36.4 Å². The van der Waals surface area contributed by atoms with E-state index in [0.717, 1.165) is 22.8 Å². The molecule has 2 aromatic carbocycles. The van der Waals surface area contributed by atoms with Crippen molar-refractivity contribution in [1.82, 2.24) is 5.32 Å². The molecule has 2 aromatic rings. The quantitative estimate of drug-likeness (QED) is 0.682. The zero-order valence-electron chi connectivity index (χ0n) is 17.0. The van der Waals surface area contributed by atoms with Crippen LogP contribution >= 0.6 is 23.5 Å². The summed E-state index contributed by atoms with van der Waals surface area (Å²) in [6.07, 6.45) is 0. The lowest BCUT2D eigenvalue weighted by atomic mass is 10.1. The minimum atomic E-state index is -0.203. The fraction of sp³-hybridized carbons (Fsp3) is 0.409. The maximum absolute atomic E-state index is 12.4. The first-order chi connectivity index (χ1) is 14.6. The number of fused-ring (bicyclic) bond motifs is 1. The predicted molar refractivity (Wildman–Crippen MR) is 120 cm³/mol. The Morgan fingerprint density at radius 2 is 1.87 bits per heavy atom. The van der Waals surface area contributed by atoms with E-state index in [-0.39, 0.29) is 18.6 Å². The highest BCUT2D eigenvalue weighted by Crippen LogP contribution is 2.46. The van der Waals surface area contributed by atoms with Crippen LogP contribution in [0.25, 0.3) is 0 Å². The summed E-state index contributed by atoms with van der Waals surface area (Å²) in [5.74, 6) is 4.78. The fourth-order valence-corrected chi connectivity index (χ4v) is 6.18. The van der Waals surface area contributed by atoms with Crippen molar-refractivity contribution in [3.63, 3.8) is 0 Å². The molecular formula is C22H25NO5S2. The van der Waals surface area contributed by atoms with Crippen molar-refractivity contribution in [2.24, 2.45) is 0 Å². The molecule has 6 nitrogen and oxygen atoms in total. The average molecular weight is 448 g/mol. The van der Waals surface area contributed by atoms with Gasteiger partial charge in [-0.1, -0.05) is 12.1 Å². The summed E-state index contributed by atoms with van der Waals surface area (Å²) < 4.78 is 22.8. The van der Waals surface area contributed by atoms with Crippen LogP contribution in [0, 0.1) is 0 Å². The maximum Gasteiger partial charge on any atom is 0.258 e. The molecule has 0 bridgehead atoms. The van der Waals surface area contributed by atoms with Crippen LogP contribution in [0.1, 0.15) is 28.7 Å². The molecule has 30 heavy (non-hydrogen) atoms. The normalized spacial score (nSPS) is 16.7. The van der Waals surface area contributed by atoms with Gasteiger partial charge in [0, 0.05) is 11.5 Å². The summed E-state index contributed by atoms with van der Waals surface area (Å²) in [5, 5.41) is 2.96. The van der Waals surface area contributed by atoms with E-state index in [1.54, 1.807) is 7.11 Å². The van der Waals surface area contributed by atoms with E-state index in [4.69, 9.17) is 18.9 Å². The molecule has 4 rings (SSSR count). The Bertz CT molecular complexity index is 901. The van der Waals surface area contributed by atoms with Crippen LogP contribution in [0.2, 0.25) is 0 Å². The first-order valence-corrected chi connectivity index (χ1v) is 12.0. The van der Waals surface area contributed by atoms with Gasteiger partial charge >= 0.3 is 0 Å². The van der Waals surface area contributed by atoms with Crippen molar-refractivity contribution in [1.29, 1.82) is 0 Å². The number of carbonyl (C=O) groups excluding carboxylic acids is 1. The van der Waals surface area contributed by atoms with E-state index >= 15 is 0 Å². The summed E-state index contributed by atoms with van der Waals surface area (Å²) in [6, 6.07) is 11.4. The number of hydrogen-bond donors (Lipinski definition) is 1. The Morgan fingerprint density at radius 1 is 1.10 bits per heavy atom. The monoisotopic (exact) mass is 447 g/mol. The molecule has 1 saturated heterocycles. The number of nitrogens with one attached hydrogen (secondary N) is 1. The summed E-state index contributed by atoms with van der Waals surface area (Å²) >= 11 is 3.88. The molecular weight excluding hydrogens is 422 g/mol. The van der Waals surface area contributed by atoms with Crippen molar-refractivity contribution in [3.8, 4) is 23.0 Å². The zero-order valence-corrected chi connectivity index (χ0v) is 18.6. The molecule has 2 aliphatic heterocycles. The number of ether oxygens (including phenoxy) is 4. The van der Waals surface area contributed by atoms with Crippen molar-refractivity contribution in [2.45, 2.75) is 17.5 Å². The van der Waals surface area contributed by atoms with E-state index in [2.05, 4.69) is 5.32 Å². The molecule has 0 aromatic heterocycles. The number of thioether (sulfide) groups is 2. The third-order valence-electron chi connectivity index (χ3n) is 4.88. The molecule has 0 saturated carbocycles. The fourth-order valence-electron chi connectivity index (χ4n) is 3.34. The minimum Gasteiger partial charge on any atom is -0.493 e. The lowest BCUT2D eigenvalue weighted by Crippen LogP contribution is -2.31. The van der Waals surface area contributed by atoms with E-state index in [1.165, 1.54) is 5.56 Å². The number of methoxy groups -OCH3 is 1. The summed E-state index contributed by atoms with van der Waals surface area (Å²) in [5.41, 5.74) is 2.16. The third kappa shape index (κ3) is 4.92. The van der Waals surface area contributed by atoms with Gasteiger partial charge in [-0.3, -0.25) is 4.79 Å². The van der Waals surface area contributed by atoms with Crippen LogP contribution in [0.4, 0.5) is 0 Å². The molecule has 2 aliphatic rings. The van der Waals surface area contributed by atoms with Crippen LogP contribution in [-0.2, 0) is 4.79 Å². The Hall–Kier alpha value is -2.19. The number of hydrogen-bond acceptors (Lipinski definition) is 7. The standard InChI is InChI=1S/C22H25NO5S2/c1-14(15-3-5-18-20(11-15)27-8-7-26-18)23-21(24)13-28-17-6-4-16(12-19(17)25-2)22-29-9-10-30-22/h3-6,11-12,14,22H,7-10,13H2,1-2H3,(H,23,24). The second-order valence-corrected chi connectivity index (χ2v) is 9.69. The second-order valence-electron chi connectivity index (χ2n) is 6.96. The van der Waals surface area contributed by atoms with Crippen molar-refractivity contribution >= 4 is 29.4 Å². The second kappa shape index (κ2) is 9.75. The highest BCUT2D eigenvalue weighted by Gasteiger charge is 2.20. The molecule has 1 unspecified atom stereocenters. The molecule has 8 heteroatoms. The molecule has 0 aliphatic carbocycles. The Kier molecular flexibility index (Phi) is 6.84. The van der Waals surface area contributed by atoms with Gasteiger partial charge in [-0.2, -0.15) is 0 Å². The van der Waals surface area contributed by atoms with Crippen molar-refractivity contribution < 1.29 is 23.7 Å². The zero-order chi connectivity index (χ0) is 20.9. The van der Waals surface area contributed by atoms with E-state index in [1.807, 2.05) is 66.8 Å². The third-order valence-corrected chi connectivity index (χ3v) is 7.99. The van der Waals surface area contributed by atoms with E-state index in [0.29, 0.717) is 35.0 Å². The molecule has 2 heterocycles.